The maximum absolute atomic E-state index is 12.6. The third-order valence-electron chi connectivity index (χ3n) is 5.13. The predicted octanol–water partition coefficient (Wildman–Crippen LogP) is 4.04. The van der Waals surface area contributed by atoms with E-state index in [1.165, 1.54) is 11.1 Å². The van der Waals surface area contributed by atoms with Crippen molar-refractivity contribution >= 4 is 5.97 Å². The molecule has 2 fully saturated rings. The molecular formula is C21H22O3. The molecule has 1 heterocycles. The van der Waals surface area contributed by atoms with Crippen molar-refractivity contribution in [2.45, 2.75) is 50.9 Å². The summed E-state index contributed by atoms with van der Waals surface area (Å²) >= 11 is 0. The van der Waals surface area contributed by atoms with Crippen molar-refractivity contribution in [2.75, 3.05) is 0 Å². The Hall–Kier alpha value is -2.13. The molecule has 0 aromatic heterocycles. The summed E-state index contributed by atoms with van der Waals surface area (Å²) in [7, 11) is 0. The lowest BCUT2D eigenvalue weighted by atomic mass is 9.87. The molecule has 2 aromatic carbocycles. The number of carbonyl (C=O) groups is 1. The predicted molar refractivity (Wildman–Crippen MR) is 91.7 cm³/mol. The van der Waals surface area contributed by atoms with E-state index >= 15 is 0 Å². The number of ether oxygens (including phenoxy) is 2. The molecule has 0 radical (unpaired) electrons. The number of rotatable bonds is 4. The monoisotopic (exact) mass is 322 g/mol. The Labute approximate surface area is 142 Å². The lowest BCUT2D eigenvalue weighted by molar-refractivity contribution is -0.154. The zero-order valence-electron chi connectivity index (χ0n) is 14.1. The van der Waals surface area contributed by atoms with Crippen molar-refractivity contribution < 1.29 is 14.3 Å². The number of carbonyl (C=O) groups excluding carboxylic acids is 1. The Morgan fingerprint density at radius 1 is 0.958 bits per heavy atom. The average molecular weight is 322 g/mol. The van der Waals surface area contributed by atoms with Crippen LogP contribution in [-0.2, 0) is 19.9 Å². The van der Waals surface area contributed by atoms with Gasteiger partial charge in [-0.05, 0) is 44.2 Å². The molecule has 2 aromatic rings. The summed E-state index contributed by atoms with van der Waals surface area (Å²) in [5.41, 5.74) is 3.68. The van der Waals surface area contributed by atoms with Gasteiger partial charge in [0.25, 0.3) is 0 Å². The number of aryl methyl sites for hydroxylation is 2. The Morgan fingerprint density at radius 3 is 1.88 bits per heavy atom. The molecule has 1 saturated carbocycles. The highest BCUT2D eigenvalue weighted by atomic mass is 16.7. The molecule has 2 aliphatic rings. The molecule has 1 saturated heterocycles. The van der Waals surface area contributed by atoms with E-state index in [2.05, 4.69) is 38.1 Å². The summed E-state index contributed by atoms with van der Waals surface area (Å²) < 4.78 is 11.6. The van der Waals surface area contributed by atoms with Gasteiger partial charge in [-0.15, -0.1) is 0 Å². The van der Waals surface area contributed by atoms with Crippen LogP contribution in [0.15, 0.2) is 48.5 Å². The van der Waals surface area contributed by atoms with Crippen LogP contribution in [0.25, 0.3) is 0 Å². The van der Waals surface area contributed by atoms with Gasteiger partial charge < -0.3 is 9.47 Å². The van der Waals surface area contributed by atoms with Gasteiger partial charge in [-0.3, -0.25) is 0 Å². The Morgan fingerprint density at radius 2 is 1.46 bits per heavy atom. The minimum absolute atomic E-state index is 0.0791. The van der Waals surface area contributed by atoms with E-state index in [1.807, 2.05) is 24.3 Å². The Balaban J connectivity index is 1.67. The molecule has 1 atom stereocenters. The van der Waals surface area contributed by atoms with Crippen LogP contribution in [-0.4, -0.2) is 18.2 Å². The van der Waals surface area contributed by atoms with Gasteiger partial charge >= 0.3 is 5.97 Å². The summed E-state index contributed by atoms with van der Waals surface area (Å²) in [6, 6.07) is 16.4. The van der Waals surface area contributed by atoms with Gasteiger partial charge in [0.15, 0.2) is 11.7 Å². The molecule has 0 N–H and O–H groups in total. The molecule has 1 aliphatic carbocycles. The molecule has 1 aliphatic heterocycles. The maximum atomic E-state index is 12.6. The van der Waals surface area contributed by atoms with E-state index in [9.17, 15) is 4.79 Å². The van der Waals surface area contributed by atoms with Crippen LogP contribution >= 0.6 is 0 Å². The second-order valence-electron chi connectivity index (χ2n) is 6.96. The van der Waals surface area contributed by atoms with E-state index < -0.39 is 11.7 Å². The van der Waals surface area contributed by atoms with Crippen LogP contribution in [0, 0.1) is 13.8 Å². The van der Waals surface area contributed by atoms with Crippen LogP contribution in [0.1, 0.15) is 41.5 Å². The summed E-state index contributed by atoms with van der Waals surface area (Å²) in [6.45, 7) is 4.11. The van der Waals surface area contributed by atoms with Crippen molar-refractivity contribution in [3.8, 4) is 0 Å². The largest absolute Gasteiger partial charge is 0.460 e. The SMILES string of the molecule is Cc1ccc(C2(c3ccc(C)cc3)OC2C(=O)OC2CCC2)cc1. The fraction of sp³-hybridized carbons (Fsp3) is 0.381. The second kappa shape index (κ2) is 5.75. The molecule has 3 heteroatoms. The number of benzene rings is 2. The highest BCUT2D eigenvalue weighted by Gasteiger charge is 2.64. The summed E-state index contributed by atoms with van der Waals surface area (Å²) in [6.07, 6.45) is 2.62. The number of hydrogen-bond acceptors (Lipinski definition) is 3. The van der Waals surface area contributed by atoms with E-state index in [0.29, 0.717) is 0 Å². The maximum Gasteiger partial charge on any atom is 0.339 e. The minimum Gasteiger partial charge on any atom is -0.460 e. The fourth-order valence-corrected chi connectivity index (χ4v) is 3.29. The van der Waals surface area contributed by atoms with E-state index in [1.54, 1.807) is 0 Å². The van der Waals surface area contributed by atoms with E-state index in [0.717, 1.165) is 30.4 Å². The normalized spacial score (nSPS) is 21.8. The molecule has 0 amide bonds. The third-order valence-corrected chi connectivity index (χ3v) is 5.13. The van der Waals surface area contributed by atoms with Gasteiger partial charge in [-0.25, -0.2) is 4.79 Å². The van der Waals surface area contributed by atoms with Crippen molar-refractivity contribution in [1.29, 1.82) is 0 Å². The van der Waals surface area contributed by atoms with Gasteiger partial charge in [0, 0.05) is 0 Å². The lowest BCUT2D eigenvalue weighted by Gasteiger charge is -2.25. The van der Waals surface area contributed by atoms with Crippen LogP contribution in [0.5, 0.6) is 0 Å². The smallest absolute Gasteiger partial charge is 0.339 e. The highest BCUT2D eigenvalue weighted by molar-refractivity contribution is 5.82. The minimum atomic E-state index is -0.706. The Bertz CT molecular complexity index is 696. The Kier molecular flexibility index (Phi) is 3.69. The van der Waals surface area contributed by atoms with Crippen molar-refractivity contribution in [1.82, 2.24) is 0 Å². The number of hydrogen-bond donors (Lipinski definition) is 0. The molecule has 1 unspecified atom stereocenters. The standard InChI is InChI=1S/C21H22O3/c1-14-6-10-16(11-7-14)21(17-12-8-15(2)9-13-17)19(24-21)20(22)23-18-4-3-5-18/h6-13,18-19H,3-5H2,1-2H3. The number of esters is 1. The number of epoxide rings is 1. The van der Waals surface area contributed by atoms with Gasteiger partial charge in [0.05, 0.1) is 0 Å². The molecule has 4 rings (SSSR count). The van der Waals surface area contributed by atoms with Crippen LogP contribution in [0.4, 0.5) is 0 Å². The molecule has 0 spiro atoms. The zero-order chi connectivity index (χ0) is 16.7. The fourth-order valence-electron chi connectivity index (χ4n) is 3.29. The molecular weight excluding hydrogens is 300 g/mol. The topological polar surface area (TPSA) is 38.8 Å². The first-order valence-electron chi connectivity index (χ1n) is 8.62. The molecule has 0 bridgehead atoms. The first-order valence-corrected chi connectivity index (χ1v) is 8.62. The van der Waals surface area contributed by atoms with Gasteiger partial charge in [-0.1, -0.05) is 59.7 Å². The molecule has 124 valence electrons. The van der Waals surface area contributed by atoms with Crippen molar-refractivity contribution in [3.05, 3.63) is 70.8 Å². The summed E-state index contributed by atoms with van der Waals surface area (Å²) in [5.74, 6) is -0.235. The second-order valence-corrected chi connectivity index (χ2v) is 6.96. The summed E-state index contributed by atoms with van der Waals surface area (Å²) in [4.78, 5) is 12.6. The first kappa shape index (κ1) is 15.4. The first-order chi connectivity index (χ1) is 11.6. The van der Waals surface area contributed by atoms with Crippen LogP contribution < -0.4 is 0 Å². The quantitative estimate of drug-likeness (QED) is 0.630. The average Bonchev–Trinajstić information content (AvgIpc) is 3.29. The lowest BCUT2D eigenvalue weighted by Crippen LogP contribution is -2.30. The molecule has 3 nitrogen and oxygen atoms in total. The van der Waals surface area contributed by atoms with E-state index in [-0.39, 0.29) is 12.1 Å². The highest BCUT2D eigenvalue weighted by Crippen LogP contribution is 2.52. The summed E-state index contributed by atoms with van der Waals surface area (Å²) in [5, 5.41) is 0. The van der Waals surface area contributed by atoms with Crippen molar-refractivity contribution in [2.24, 2.45) is 0 Å². The zero-order valence-corrected chi connectivity index (χ0v) is 14.1. The van der Waals surface area contributed by atoms with Gasteiger partial charge in [-0.2, -0.15) is 0 Å². The van der Waals surface area contributed by atoms with Crippen LogP contribution in [0.2, 0.25) is 0 Å². The van der Waals surface area contributed by atoms with E-state index in [4.69, 9.17) is 9.47 Å². The molecule has 24 heavy (non-hydrogen) atoms. The third kappa shape index (κ3) is 2.53. The van der Waals surface area contributed by atoms with Crippen molar-refractivity contribution in [3.63, 3.8) is 0 Å². The van der Waals surface area contributed by atoms with Gasteiger partial charge in [0.2, 0.25) is 0 Å². The van der Waals surface area contributed by atoms with Gasteiger partial charge in [0.1, 0.15) is 6.10 Å². The van der Waals surface area contributed by atoms with Crippen LogP contribution in [0.3, 0.4) is 0 Å².